The molecule has 0 atom stereocenters. The number of hydrogen-bond acceptors (Lipinski definition) is 8. The van der Waals surface area contributed by atoms with Gasteiger partial charge in [0.05, 0.1) is 11.1 Å². The third-order valence-electron chi connectivity index (χ3n) is 7.35. The molecule has 2 heterocycles. The van der Waals surface area contributed by atoms with E-state index in [1.165, 1.54) is 4.90 Å². The molecule has 2 aliphatic rings. The molecule has 0 bridgehead atoms. The van der Waals surface area contributed by atoms with Gasteiger partial charge in [-0.2, -0.15) is 0 Å². The molecule has 46 heavy (non-hydrogen) atoms. The summed E-state index contributed by atoms with van der Waals surface area (Å²) in [4.78, 5) is 53.8. The minimum atomic E-state index is -0.620. The van der Waals surface area contributed by atoms with Crippen LogP contribution in [0.3, 0.4) is 0 Å². The summed E-state index contributed by atoms with van der Waals surface area (Å²) in [6.07, 6.45) is 1.86. The summed E-state index contributed by atoms with van der Waals surface area (Å²) in [5.74, 6) is -1.70. The van der Waals surface area contributed by atoms with Crippen LogP contribution in [0.2, 0.25) is 10.0 Å². The standard InChI is InChI=1S/C17H17ClN2O2.C12H5ClO3.C5H14N2.H2O/c1-19(2)9-4-10-20-16(21)12-6-3-5-11-14(18)8-7-13(15(11)12)17(20)22;13-9-5-4-8-10-6(9)2-1-3-7(10)11(14)16-12(8)15;1-7(2)5-3-4-6;/h3,5-8H,4,9-10H2,1-2H3;1-5H;3-6H2,1-2H3;1H2. The molecule has 0 aliphatic carbocycles. The first-order valence-corrected chi connectivity index (χ1v) is 15.3. The van der Waals surface area contributed by atoms with Crippen LogP contribution in [0.4, 0.5) is 0 Å². The van der Waals surface area contributed by atoms with Crippen LogP contribution >= 0.6 is 23.2 Å². The van der Waals surface area contributed by atoms with E-state index in [4.69, 9.17) is 28.9 Å². The number of nitrogens with zero attached hydrogens (tertiary/aromatic N) is 3. The SMILES string of the molecule is CN(C)CCCN.CN(C)CCCN1C(=O)c2cccc3c(Cl)ccc(c23)C1=O.O.O=C1OC(=O)c2ccc(Cl)c3cccc1c23. The molecule has 244 valence electrons. The van der Waals surface area contributed by atoms with Gasteiger partial charge in [0.15, 0.2) is 0 Å². The van der Waals surface area contributed by atoms with Crippen LogP contribution in [0.5, 0.6) is 0 Å². The van der Waals surface area contributed by atoms with Crippen molar-refractivity contribution in [2.45, 2.75) is 12.8 Å². The van der Waals surface area contributed by atoms with Gasteiger partial charge < -0.3 is 25.7 Å². The predicted molar refractivity (Wildman–Crippen MR) is 182 cm³/mol. The molecule has 0 fully saturated rings. The first-order chi connectivity index (χ1) is 21.5. The number of nitrogens with two attached hydrogens (primary N) is 1. The highest BCUT2D eigenvalue weighted by molar-refractivity contribution is 6.38. The first kappa shape index (κ1) is 36.6. The van der Waals surface area contributed by atoms with Crippen molar-refractivity contribution in [3.63, 3.8) is 0 Å². The highest BCUT2D eigenvalue weighted by Crippen LogP contribution is 2.35. The molecule has 4 aromatic rings. The van der Waals surface area contributed by atoms with E-state index < -0.39 is 11.9 Å². The minimum absolute atomic E-state index is 0. The first-order valence-electron chi connectivity index (χ1n) is 14.5. The molecule has 0 unspecified atom stereocenters. The van der Waals surface area contributed by atoms with Gasteiger partial charge in [0.2, 0.25) is 0 Å². The van der Waals surface area contributed by atoms with Crippen molar-refractivity contribution >= 4 is 68.5 Å². The van der Waals surface area contributed by atoms with Gasteiger partial charge >= 0.3 is 11.9 Å². The molecule has 10 nitrogen and oxygen atoms in total. The number of carbonyl (C=O) groups excluding carboxylic acids is 4. The Kier molecular flexibility index (Phi) is 12.8. The monoisotopic (exact) mass is 668 g/mol. The van der Waals surface area contributed by atoms with Gasteiger partial charge in [0.1, 0.15) is 0 Å². The maximum Gasteiger partial charge on any atom is 0.346 e. The number of amides is 2. The predicted octanol–water partition coefficient (Wildman–Crippen LogP) is 4.92. The number of halogens is 2. The Hall–Kier alpha value is -3.90. The quantitative estimate of drug-likeness (QED) is 0.166. The lowest BCUT2D eigenvalue weighted by Crippen LogP contribution is -2.41. The molecule has 0 radical (unpaired) electrons. The number of carbonyl (C=O) groups is 4. The summed E-state index contributed by atoms with van der Waals surface area (Å²) in [6.45, 7) is 3.16. The van der Waals surface area contributed by atoms with Gasteiger partial charge in [-0.1, -0.05) is 47.5 Å². The molecular weight excluding hydrogens is 631 g/mol. The maximum atomic E-state index is 12.6. The average Bonchev–Trinajstić information content (AvgIpc) is 3.01. The Balaban J connectivity index is 0.000000210. The lowest BCUT2D eigenvalue weighted by atomic mass is 9.94. The minimum Gasteiger partial charge on any atom is -0.412 e. The molecular formula is C34H38Cl2N4O6. The summed E-state index contributed by atoms with van der Waals surface area (Å²) < 4.78 is 4.62. The summed E-state index contributed by atoms with van der Waals surface area (Å²) in [5.41, 5.74) is 7.13. The van der Waals surface area contributed by atoms with Crippen LogP contribution in [0, 0.1) is 0 Å². The van der Waals surface area contributed by atoms with Crippen LogP contribution in [-0.4, -0.2) is 98.3 Å². The summed E-state index contributed by atoms with van der Waals surface area (Å²) in [7, 11) is 8.04. The molecule has 0 saturated carbocycles. The number of imide groups is 1. The van der Waals surface area contributed by atoms with E-state index in [-0.39, 0.29) is 17.3 Å². The van der Waals surface area contributed by atoms with Crippen LogP contribution in [-0.2, 0) is 4.74 Å². The number of esters is 2. The van der Waals surface area contributed by atoms with Gasteiger partial charge in [-0.3, -0.25) is 14.5 Å². The van der Waals surface area contributed by atoms with Crippen LogP contribution < -0.4 is 5.73 Å². The van der Waals surface area contributed by atoms with Crippen molar-refractivity contribution < 1.29 is 29.4 Å². The largest absolute Gasteiger partial charge is 0.412 e. The van der Waals surface area contributed by atoms with E-state index in [0.29, 0.717) is 55.0 Å². The highest BCUT2D eigenvalue weighted by Gasteiger charge is 2.33. The van der Waals surface area contributed by atoms with Crippen molar-refractivity contribution in [1.82, 2.24) is 14.7 Å². The van der Waals surface area contributed by atoms with Gasteiger partial charge in [-0.15, -0.1) is 0 Å². The second-order valence-corrected chi connectivity index (χ2v) is 12.0. The van der Waals surface area contributed by atoms with E-state index in [0.717, 1.165) is 37.9 Å². The Morgan fingerprint density at radius 1 is 0.652 bits per heavy atom. The van der Waals surface area contributed by atoms with E-state index in [2.05, 4.69) is 23.7 Å². The zero-order chi connectivity index (χ0) is 32.8. The number of cyclic esters (lactones) is 2. The number of benzene rings is 4. The van der Waals surface area contributed by atoms with Crippen LogP contribution in [0.15, 0.2) is 60.7 Å². The van der Waals surface area contributed by atoms with Crippen molar-refractivity contribution in [1.29, 1.82) is 0 Å². The zero-order valence-electron chi connectivity index (χ0n) is 26.2. The highest BCUT2D eigenvalue weighted by atomic mass is 35.5. The fourth-order valence-electron chi connectivity index (χ4n) is 5.17. The van der Waals surface area contributed by atoms with Crippen molar-refractivity contribution in [2.24, 2.45) is 5.73 Å². The molecule has 2 aliphatic heterocycles. The Bertz CT molecular complexity index is 1730. The number of rotatable bonds is 7. The number of hydrogen-bond donors (Lipinski definition) is 1. The van der Waals surface area contributed by atoms with E-state index in [1.54, 1.807) is 54.6 Å². The second-order valence-electron chi connectivity index (χ2n) is 11.2. The molecule has 0 aromatic heterocycles. The van der Waals surface area contributed by atoms with Crippen LogP contribution in [0.1, 0.15) is 54.3 Å². The summed E-state index contributed by atoms with van der Waals surface area (Å²) in [6, 6.07) is 17.1. The molecule has 4 N–H and O–H groups in total. The molecule has 6 rings (SSSR count). The van der Waals surface area contributed by atoms with Gasteiger partial charge in [0, 0.05) is 49.3 Å². The Labute approximate surface area is 277 Å². The van der Waals surface area contributed by atoms with E-state index in [9.17, 15) is 19.2 Å². The lowest BCUT2D eigenvalue weighted by molar-refractivity contribution is 0.0390. The smallest absolute Gasteiger partial charge is 0.346 e. The normalized spacial score (nSPS) is 13.3. The molecule has 12 heteroatoms. The topological polar surface area (TPSA) is 145 Å². The molecule has 4 aromatic carbocycles. The third-order valence-corrected chi connectivity index (χ3v) is 8.01. The van der Waals surface area contributed by atoms with Crippen molar-refractivity contribution in [3.8, 4) is 0 Å². The Morgan fingerprint density at radius 2 is 1.09 bits per heavy atom. The second kappa shape index (κ2) is 16.1. The maximum absolute atomic E-state index is 12.6. The fraction of sp³-hybridized carbons (Fsp3) is 0.294. The lowest BCUT2D eigenvalue weighted by Gasteiger charge is -2.27. The average molecular weight is 670 g/mol. The Morgan fingerprint density at radius 3 is 1.59 bits per heavy atom. The van der Waals surface area contributed by atoms with Crippen LogP contribution in [0.25, 0.3) is 21.5 Å². The molecule has 0 spiro atoms. The summed E-state index contributed by atoms with van der Waals surface area (Å²) >= 11 is 12.2. The molecule has 0 saturated heterocycles. The van der Waals surface area contributed by atoms with E-state index >= 15 is 0 Å². The molecule has 2 amide bonds. The van der Waals surface area contributed by atoms with Crippen molar-refractivity contribution in [2.75, 3.05) is 54.4 Å². The zero-order valence-corrected chi connectivity index (χ0v) is 27.7. The fourth-order valence-corrected chi connectivity index (χ4v) is 5.61. The van der Waals surface area contributed by atoms with Gasteiger partial charge in [-0.25, -0.2) is 9.59 Å². The third kappa shape index (κ3) is 7.90. The number of ether oxygens (including phenoxy) is 1. The van der Waals surface area contributed by atoms with E-state index in [1.807, 2.05) is 25.1 Å². The van der Waals surface area contributed by atoms with Crippen molar-refractivity contribution in [3.05, 3.63) is 93.0 Å². The van der Waals surface area contributed by atoms with Gasteiger partial charge in [-0.05, 0) is 97.1 Å². The summed E-state index contributed by atoms with van der Waals surface area (Å²) in [5, 5.41) is 3.78. The van der Waals surface area contributed by atoms with Gasteiger partial charge in [0.25, 0.3) is 11.8 Å².